The summed E-state index contributed by atoms with van der Waals surface area (Å²) in [6, 6.07) is 10.7. The van der Waals surface area contributed by atoms with Gasteiger partial charge in [-0.3, -0.25) is 4.79 Å². The summed E-state index contributed by atoms with van der Waals surface area (Å²) in [5.74, 6) is 2.67. The molecule has 0 fully saturated rings. The van der Waals surface area contributed by atoms with Crippen LogP contribution < -0.4 is 24.5 Å². The van der Waals surface area contributed by atoms with Crippen molar-refractivity contribution in [1.82, 2.24) is 9.97 Å². The molecule has 1 unspecified atom stereocenters. The lowest BCUT2D eigenvalue weighted by Crippen LogP contribution is -2.26. The van der Waals surface area contributed by atoms with Gasteiger partial charge in [-0.2, -0.15) is 0 Å². The van der Waals surface area contributed by atoms with Gasteiger partial charge in [0.25, 0.3) is 5.56 Å². The largest absolute Gasteiger partial charge is 0.493 e. The number of benzene rings is 2. The van der Waals surface area contributed by atoms with Crippen LogP contribution in [0.15, 0.2) is 41.2 Å². The van der Waals surface area contributed by atoms with Gasteiger partial charge in [0.05, 0.1) is 25.1 Å². The van der Waals surface area contributed by atoms with Gasteiger partial charge in [-0.1, -0.05) is 12.1 Å². The highest BCUT2D eigenvalue weighted by Gasteiger charge is 2.25. The van der Waals surface area contributed by atoms with Crippen molar-refractivity contribution in [3.8, 4) is 23.0 Å². The van der Waals surface area contributed by atoms with Gasteiger partial charge < -0.3 is 23.9 Å². The van der Waals surface area contributed by atoms with Crippen molar-refractivity contribution >= 4 is 10.9 Å². The fraction of sp³-hybridized carbons (Fsp3) is 0.222. The minimum atomic E-state index is -0.500. The minimum absolute atomic E-state index is 0.263. The van der Waals surface area contributed by atoms with E-state index in [1.54, 1.807) is 12.1 Å². The number of nitrogens with zero attached hydrogens (tertiary/aromatic N) is 1. The number of fused-ring (bicyclic) bond motifs is 2. The molecule has 128 valence electrons. The molecule has 1 aromatic heterocycles. The van der Waals surface area contributed by atoms with Gasteiger partial charge in [0.1, 0.15) is 6.61 Å². The summed E-state index contributed by atoms with van der Waals surface area (Å²) in [5, 5.41) is 0.415. The Kier molecular flexibility index (Phi) is 3.68. The summed E-state index contributed by atoms with van der Waals surface area (Å²) in [7, 11) is 3.05. The fourth-order valence-electron chi connectivity index (χ4n) is 2.79. The van der Waals surface area contributed by atoms with Gasteiger partial charge in [-0.05, 0) is 18.2 Å². The summed E-state index contributed by atoms with van der Waals surface area (Å²) in [6.07, 6.45) is -0.500. The average molecular weight is 340 g/mol. The van der Waals surface area contributed by atoms with E-state index in [2.05, 4.69) is 9.97 Å². The van der Waals surface area contributed by atoms with Crippen molar-refractivity contribution in [1.29, 1.82) is 0 Å². The van der Waals surface area contributed by atoms with Crippen LogP contribution in [0.1, 0.15) is 11.9 Å². The van der Waals surface area contributed by atoms with Crippen LogP contribution in [-0.2, 0) is 0 Å². The smallest absolute Gasteiger partial charge is 0.259 e. The standard InChI is InChI=1S/C18H16N2O5/c1-22-14-7-10-11(8-15(14)23-2)19-17(20-18(10)21)16-9-24-12-5-3-4-6-13(12)25-16/h3-8,16H,9H2,1-2H3,(H,19,20,21). The second-order valence-electron chi connectivity index (χ2n) is 5.54. The maximum absolute atomic E-state index is 12.5. The molecule has 0 amide bonds. The summed E-state index contributed by atoms with van der Waals surface area (Å²) in [6.45, 7) is 0.263. The van der Waals surface area contributed by atoms with Crippen LogP contribution in [0.25, 0.3) is 10.9 Å². The first-order chi connectivity index (χ1) is 12.2. The molecule has 4 rings (SSSR count). The monoisotopic (exact) mass is 340 g/mol. The van der Waals surface area contributed by atoms with Crippen molar-refractivity contribution in [3.05, 3.63) is 52.6 Å². The molecule has 1 aliphatic rings. The second kappa shape index (κ2) is 6.01. The lowest BCUT2D eigenvalue weighted by Gasteiger charge is -2.25. The molecule has 0 bridgehead atoms. The van der Waals surface area contributed by atoms with E-state index in [0.717, 1.165) is 0 Å². The number of H-pyrrole nitrogens is 1. The zero-order chi connectivity index (χ0) is 17.4. The number of hydrogen-bond acceptors (Lipinski definition) is 6. The number of aromatic amines is 1. The van der Waals surface area contributed by atoms with Crippen LogP contribution in [0, 0.1) is 0 Å². The minimum Gasteiger partial charge on any atom is -0.493 e. The molecule has 25 heavy (non-hydrogen) atoms. The van der Waals surface area contributed by atoms with Gasteiger partial charge in [0, 0.05) is 6.07 Å². The van der Waals surface area contributed by atoms with E-state index in [1.807, 2.05) is 24.3 Å². The van der Waals surface area contributed by atoms with E-state index < -0.39 is 6.10 Å². The first-order valence-corrected chi connectivity index (χ1v) is 7.74. The number of aromatic nitrogens is 2. The maximum Gasteiger partial charge on any atom is 0.259 e. The summed E-state index contributed by atoms with van der Waals surface area (Å²) in [4.78, 5) is 19.8. The highest BCUT2D eigenvalue weighted by atomic mass is 16.6. The van der Waals surface area contributed by atoms with Crippen LogP contribution in [0.3, 0.4) is 0 Å². The third-order valence-electron chi connectivity index (χ3n) is 4.04. The Labute approximate surface area is 143 Å². The number of para-hydroxylation sites is 2. The molecule has 2 aromatic carbocycles. The van der Waals surface area contributed by atoms with Crippen molar-refractivity contribution in [3.63, 3.8) is 0 Å². The number of ether oxygens (including phenoxy) is 4. The third-order valence-corrected chi connectivity index (χ3v) is 4.04. The first kappa shape index (κ1) is 15.3. The Morgan fingerprint density at radius 1 is 1.12 bits per heavy atom. The molecule has 0 spiro atoms. The van der Waals surface area contributed by atoms with Gasteiger partial charge >= 0.3 is 0 Å². The normalized spacial score (nSPS) is 15.8. The molecule has 7 heteroatoms. The van der Waals surface area contributed by atoms with Crippen LogP contribution in [0.4, 0.5) is 0 Å². The zero-order valence-electron chi connectivity index (χ0n) is 13.7. The van der Waals surface area contributed by atoms with Gasteiger partial charge in [0.15, 0.2) is 34.9 Å². The highest BCUT2D eigenvalue weighted by Crippen LogP contribution is 2.35. The van der Waals surface area contributed by atoms with Crippen LogP contribution in [0.5, 0.6) is 23.0 Å². The van der Waals surface area contributed by atoms with E-state index in [1.165, 1.54) is 14.2 Å². The highest BCUT2D eigenvalue weighted by molar-refractivity contribution is 5.81. The fourth-order valence-corrected chi connectivity index (χ4v) is 2.79. The topological polar surface area (TPSA) is 82.7 Å². The van der Waals surface area contributed by atoms with E-state index in [4.69, 9.17) is 18.9 Å². The summed E-state index contributed by atoms with van der Waals surface area (Å²) in [5.41, 5.74) is 0.224. The molecule has 0 radical (unpaired) electrons. The molecule has 3 aromatic rings. The van der Waals surface area contributed by atoms with Crippen molar-refractivity contribution in [2.75, 3.05) is 20.8 Å². The number of hydrogen-bond donors (Lipinski definition) is 1. The molecule has 1 aliphatic heterocycles. The predicted octanol–water partition coefficient (Wildman–Crippen LogP) is 2.45. The Hall–Kier alpha value is -3.22. The Morgan fingerprint density at radius 3 is 2.60 bits per heavy atom. The van der Waals surface area contributed by atoms with Crippen molar-refractivity contribution in [2.45, 2.75) is 6.10 Å². The number of rotatable bonds is 3. The molecule has 0 saturated heterocycles. The van der Waals surface area contributed by atoms with E-state index >= 15 is 0 Å². The number of methoxy groups -OCH3 is 2. The van der Waals surface area contributed by atoms with E-state index in [-0.39, 0.29) is 12.2 Å². The van der Waals surface area contributed by atoms with Crippen LogP contribution >= 0.6 is 0 Å². The zero-order valence-corrected chi connectivity index (χ0v) is 13.7. The Balaban J connectivity index is 1.78. The van der Waals surface area contributed by atoms with Crippen molar-refractivity contribution in [2.24, 2.45) is 0 Å². The molecule has 1 N–H and O–H groups in total. The second-order valence-corrected chi connectivity index (χ2v) is 5.54. The third kappa shape index (κ3) is 2.63. The van der Waals surface area contributed by atoms with Gasteiger partial charge in [-0.25, -0.2) is 4.98 Å². The lowest BCUT2D eigenvalue weighted by atomic mass is 10.2. The predicted molar refractivity (Wildman–Crippen MR) is 90.8 cm³/mol. The lowest BCUT2D eigenvalue weighted by molar-refractivity contribution is 0.0851. The molecule has 1 atom stereocenters. The van der Waals surface area contributed by atoms with E-state index in [9.17, 15) is 4.79 Å². The Morgan fingerprint density at radius 2 is 1.84 bits per heavy atom. The molecule has 7 nitrogen and oxygen atoms in total. The first-order valence-electron chi connectivity index (χ1n) is 7.74. The van der Waals surface area contributed by atoms with Gasteiger partial charge in [-0.15, -0.1) is 0 Å². The number of nitrogens with one attached hydrogen (secondary N) is 1. The van der Waals surface area contributed by atoms with Crippen LogP contribution in [0.2, 0.25) is 0 Å². The molecular formula is C18H16N2O5. The summed E-state index contributed by atoms with van der Waals surface area (Å²) >= 11 is 0. The average Bonchev–Trinajstić information content (AvgIpc) is 2.66. The SMILES string of the molecule is COc1cc2nc(C3COc4ccccc4O3)[nH]c(=O)c2cc1OC. The molecular weight excluding hydrogens is 324 g/mol. The van der Waals surface area contributed by atoms with Gasteiger partial charge in [0.2, 0.25) is 0 Å². The Bertz CT molecular complexity index is 998. The van der Waals surface area contributed by atoms with Crippen LogP contribution in [-0.4, -0.2) is 30.8 Å². The molecule has 0 saturated carbocycles. The molecule has 0 aliphatic carbocycles. The van der Waals surface area contributed by atoms with Crippen molar-refractivity contribution < 1.29 is 18.9 Å². The quantitative estimate of drug-likeness (QED) is 0.789. The maximum atomic E-state index is 12.5. The molecule has 2 heterocycles. The van der Waals surface area contributed by atoms with E-state index in [0.29, 0.717) is 39.7 Å². The summed E-state index contributed by atoms with van der Waals surface area (Å²) < 4.78 is 22.1.